The van der Waals surface area contributed by atoms with Gasteiger partial charge in [0, 0.05) is 12.0 Å². The van der Waals surface area contributed by atoms with E-state index in [1.807, 2.05) is 12.4 Å². The van der Waals surface area contributed by atoms with Gasteiger partial charge in [0.25, 0.3) is 0 Å². The van der Waals surface area contributed by atoms with Crippen molar-refractivity contribution >= 4 is 12.0 Å². The Balaban J connectivity index is 1.56. The Morgan fingerprint density at radius 1 is 1.13 bits per heavy atom. The summed E-state index contributed by atoms with van der Waals surface area (Å²) in [6, 6.07) is 5.89. The SMILES string of the molecule is CCN1CCCC1C[N+]1(CC2CCCCC2)CN=CN(c2ccc(OC)c(F)c2)C1. The molecule has 2 atom stereocenters. The van der Waals surface area contributed by atoms with Crippen molar-refractivity contribution in [3.05, 3.63) is 24.0 Å². The van der Waals surface area contributed by atoms with Crippen LogP contribution in [0.2, 0.25) is 0 Å². The Hall–Kier alpha value is -1.66. The summed E-state index contributed by atoms with van der Waals surface area (Å²) in [6.07, 6.45) is 11.3. The lowest BCUT2D eigenvalue weighted by molar-refractivity contribution is -0.932. The minimum absolute atomic E-state index is 0.292. The molecule has 2 unspecified atom stereocenters. The standard InChI is InChI=1S/C24H38FN4O/c1-3-27-13-7-10-22(27)16-29(15-20-8-5-4-6-9-20)18-26-17-28(19-29)21-11-12-24(30-2)23(25)14-21/h11-12,14,17,20,22H,3-10,13,15-16,18-19H2,1-2H3/q+1. The van der Waals surface area contributed by atoms with Gasteiger partial charge in [-0.3, -0.25) is 14.3 Å². The number of likely N-dealkylation sites (N-methyl/N-ethyl adjacent to an activating group) is 1. The fourth-order valence-electron chi connectivity index (χ4n) is 5.88. The molecule has 1 aliphatic carbocycles. The van der Waals surface area contributed by atoms with E-state index in [4.69, 9.17) is 9.73 Å². The summed E-state index contributed by atoms with van der Waals surface area (Å²) >= 11 is 0. The van der Waals surface area contributed by atoms with E-state index in [-0.39, 0.29) is 5.82 Å². The molecule has 1 saturated carbocycles. The van der Waals surface area contributed by atoms with Crippen LogP contribution in [-0.4, -0.2) is 68.4 Å². The van der Waals surface area contributed by atoms with Gasteiger partial charge in [-0.2, -0.15) is 0 Å². The number of methoxy groups -OCH3 is 1. The first-order valence-electron chi connectivity index (χ1n) is 11.8. The third-order valence-electron chi connectivity index (χ3n) is 7.40. The van der Waals surface area contributed by atoms with Crippen molar-refractivity contribution in [1.82, 2.24) is 4.90 Å². The van der Waals surface area contributed by atoms with E-state index in [1.165, 1.54) is 65.1 Å². The summed E-state index contributed by atoms with van der Waals surface area (Å²) in [6.45, 7) is 8.70. The number of hydrogen-bond donors (Lipinski definition) is 0. The van der Waals surface area contributed by atoms with Gasteiger partial charge in [0.1, 0.15) is 0 Å². The number of nitrogens with zero attached hydrogens (tertiary/aromatic N) is 4. The van der Waals surface area contributed by atoms with Crippen LogP contribution in [0.4, 0.5) is 10.1 Å². The molecule has 0 bridgehead atoms. The Bertz CT molecular complexity index is 736. The zero-order valence-corrected chi connectivity index (χ0v) is 18.7. The first kappa shape index (κ1) is 21.6. The van der Waals surface area contributed by atoms with Gasteiger partial charge in [-0.1, -0.05) is 26.2 Å². The lowest BCUT2D eigenvalue weighted by atomic mass is 9.88. The normalized spacial score (nSPS) is 28.2. The van der Waals surface area contributed by atoms with Crippen LogP contribution in [0.3, 0.4) is 0 Å². The van der Waals surface area contributed by atoms with Crippen LogP contribution < -0.4 is 9.64 Å². The Morgan fingerprint density at radius 3 is 2.70 bits per heavy atom. The minimum atomic E-state index is -0.313. The van der Waals surface area contributed by atoms with Crippen LogP contribution in [0.25, 0.3) is 0 Å². The summed E-state index contributed by atoms with van der Waals surface area (Å²) in [5.74, 6) is 0.769. The van der Waals surface area contributed by atoms with Crippen molar-refractivity contribution in [2.24, 2.45) is 10.9 Å². The number of anilines is 1. The minimum Gasteiger partial charge on any atom is -0.494 e. The molecule has 1 aromatic carbocycles. The van der Waals surface area contributed by atoms with Gasteiger partial charge in [-0.25, -0.2) is 9.38 Å². The summed E-state index contributed by atoms with van der Waals surface area (Å²) in [5, 5.41) is 0. The van der Waals surface area contributed by atoms with Gasteiger partial charge in [-0.15, -0.1) is 0 Å². The molecule has 0 spiro atoms. The summed E-state index contributed by atoms with van der Waals surface area (Å²) in [4.78, 5) is 9.62. The molecule has 0 N–H and O–H groups in total. The second-order valence-corrected chi connectivity index (χ2v) is 9.50. The van der Waals surface area contributed by atoms with Crippen molar-refractivity contribution in [2.75, 3.05) is 51.5 Å². The Labute approximate surface area is 181 Å². The predicted molar refractivity (Wildman–Crippen MR) is 120 cm³/mol. The van der Waals surface area contributed by atoms with Gasteiger partial charge in [-0.05, 0) is 50.9 Å². The smallest absolute Gasteiger partial charge is 0.175 e. The number of ether oxygens (including phenoxy) is 1. The molecule has 1 aromatic rings. The molecule has 30 heavy (non-hydrogen) atoms. The molecule has 0 radical (unpaired) electrons. The van der Waals surface area contributed by atoms with Gasteiger partial charge >= 0.3 is 0 Å². The third-order valence-corrected chi connectivity index (χ3v) is 7.40. The summed E-state index contributed by atoms with van der Waals surface area (Å²) in [5.41, 5.74) is 0.863. The topological polar surface area (TPSA) is 28.1 Å². The lowest BCUT2D eigenvalue weighted by Gasteiger charge is -2.47. The molecule has 0 amide bonds. The predicted octanol–water partition coefficient (Wildman–Crippen LogP) is 4.48. The lowest BCUT2D eigenvalue weighted by Crippen LogP contribution is -2.62. The van der Waals surface area contributed by atoms with E-state index in [9.17, 15) is 4.39 Å². The number of rotatable bonds is 7. The molecule has 2 heterocycles. The van der Waals surface area contributed by atoms with Crippen LogP contribution in [0.1, 0.15) is 51.9 Å². The number of hydrogen-bond acceptors (Lipinski definition) is 4. The zero-order valence-electron chi connectivity index (χ0n) is 18.7. The van der Waals surface area contributed by atoms with Crippen molar-refractivity contribution in [1.29, 1.82) is 0 Å². The average molecular weight is 418 g/mol. The number of halogens is 1. The molecule has 6 heteroatoms. The van der Waals surface area contributed by atoms with Crippen LogP contribution in [0.15, 0.2) is 23.2 Å². The second-order valence-electron chi connectivity index (χ2n) is 9.50. The Morgan fingerprint density at radius 2 is 1.97 bits per heavy atom. The fourth-order valence-corrected chi connectivity index (χ4v) is 5.88. The van der Waals surface area contributed by atoms with E-state index in [0.717, 1.165) is 42.5 Å². The van der Waals surface area contributed by atoms with Gasteiger partial charge in [0.2, 0.25) is 0 Å². The zero-order chi connectivity index (χ0) is 21.0. The molecule has 4 rings (SSSR count). The van der Waals surface area contributed by atoms with Crippen molar-refractivity contribution in [3.8, 4) is 5.75 Å². The average Bonchev–Trinajstić information content (AvgIpc) is 3.21. The van der Waals surface area contributed by atoms with Crippen LogP contribution in [-0.2, 0) is 0 Å². The van der Waals surface area contributed by atoms with Crippen LogP contribution in [0, 0.1) is 11.7 Å². The molecular weight excluding hydrogens is 379 g/mol. The molecular formula is C24H38FN4O+. The highest BCUT2D eigenvalue weighted by atomic mass is 19.1. The van der Waals surface area contributed by atoms with Crippen molar-refractivity contribution in [2.45, 2.75) is 57.9 Å². The van der Waals surface area contributed by atoms with Gasteiger partial charge < -0.3 is 4.74 Å². The fraction of sp³-hybridized carbons (Fsp3) is 0.708. The largest absolute Gasteiger partial charge is 0.494 e. The van der Waals surface area contributed by atoms with E-state index in [2.05, 4.69) is 16.7 Å². The van der Waals surface area contributed by atoms with Crippen molar-refractivity contribution in [3.63, 3.8) is 0 Å². The highest BCUT2D eigenvalue weighted by molar-refractivity contribution is 5.79. The van der Waals surface area contributed by atoms with E-state index < -0.39 is 0 Å². The number of benzene rings is 1. The first-order chi connectivity index (χ1) is 14.6. The molecule has 2 aliphatic heterocycles. The summed E-state index contributed by atoms with van der Waals surface area (Å²) in [7, 11) is 1.51. The van der Waals surface area contributed by atoms with Crippen LogP contribution >= 0.6 is 0 Å². The maximum atomic E-state index is 14.4. The molecule has 5 nitrogen and oxygen atoms in total. The monoisotopic (exact) mass is 417 g/mol. The Kier molecular flexibility index (Phi) is 6.94. The number of quaternary nitrogens is 1. The highest BCUT2D eigenvalue weighted by Gasteiger charge is 2.40. The maximum absolute atomic E-state index is 14.4. The third kappa shape index (κ3) is 4.80. The van der Waals surface area contributed by atoms with Gasteiger partial charge in [0.15, 0.2) is 24.9 Å². The molecule has 1 saturated heterocycles. The van der Waals surface area contributed by atoms with Gasteiger partial charge in [0.05, 0.1) is 38.3 Å². The maximum Gasteiger partial charge on any atom is 0.175 e. The molecule has 0 aromatic heterocycles. The van der Waals surface area contributed by atoms with E-state index in [0.29, 0.717) is 11.8 Å². The van der Waals surface area contributed by atoms with Crippen molar-refractivity contribution < 1.29 is 13.6 Å². The molecule has 3 aliphatic rings. The van der Waals surface area contributed by atoms with Crippen LogP contribution in [0.5, 0.6) is 5.75 Å². The highest BCUT2D eigenvalue weighted by Crippen LogP contribution is 2.32. The van der Waals surface area contributed by atoms with E-state index >= 15 is 0 Å². The first-order valence-corrected chi connectivity index (χ1v) is 11.8. The summed E-state index contributed by atoms with van der Waals surface area (Å²) < 4.78 is 20.5. The number of aliphatic imine (C=N–C) groups is 1. The number of likely N-dealkylation sites (tertiary alicyclic amines) is 1. The second kappa shape index (κ2) is 9.65. The molecule has 2 fully saturated rings. The quantitative estimate of drug-likeness (QED) is 0.613. The van der Waals surface area contributed by atoms with E-state index in [1.54, 1.807) is 12.1 Å². The molecule has 166 valence electrons.